The monoisotopic (exact) mass is 239 g/mol. The first-order valence-corrected chi connectivity index (χ1v) is 5.56. The Hall–Kier alpha value is -2.42. The van der Waals surface area contributed by atoms with E-state index in [1.807, 2.05) is 36.4 Å². The van der Waals surface area contributed by atoms with Crippen LogP contribution in [0.25, 0.3) is 17.2 Å². The molecule has 0 amide bonds. The summed E-state index contributed by atoms with van der Waals surface area (Å²) in [5.41, 5.74) is 3.19. The second-order valence-electron chi connectivity index (χ2n) is 3.71. The Labute approximate surface area is 106 Å². The summed E-state index contributed by atoms with van der Waals surface area (Å²) in [5.74, 6) is -0.354. The van der Waals surface area contributed by atoms with Gasteiger partial charge in [-0.3, -0.25) is 4.98 Å². The van der Waals surface area contributed by atoms with E-state index in [1.54, 1.807) is 18.5 Å². The van der Waals surface area contributed by atoms with Gasteiger partial charge in [0.1, 0.15) is 0 Å². The fourth-order valence-electron chi connectivity index (χ4n) is 1.56. The Morgan fingerprint density at radius 3 is 2.28 bits per heavy atom. The number of methoxy groups -OCH3 is 1. The van der Waals surface area contributed by atoms with E-state index < -0.39 is 0 Å². The summed E-state index contributed by atoms with van der Waals surface area (Å²) in [7, 11) is 1.36. The zero-order valence-corrected chi connectivity index (χ0v) is 10.0. The molecule has 1 heterocycles. The number of hydrogen-bond acceptors (Lipinski definition) is 3. The summed E-state index contributed by atoms with van der Waals surface area (Å²) in [4.78, 5) is 14.9. The number of esters is 1. The van der Waals surface area contributed by atoms with Gasteiger partial charge in [0.05, 0.1) is 7.11 Å². The summed E-state index contributed by atoms with van der Waals surface area (Å²) in [6.07, 6.45) is 6.66. The molecule has 1 aromatic heterocycles. The molecule has 0 aliphatic carbocycles. The highest BCUT2D eigenvalue weighted by molar-refractivity contribution is 5.87. The summed E-state index contributed by atoms with van der Waals surface area (Å²) in [6, 6.07) is 11.8. The van der Waals surface area contributed by atoms with Gasteiger partial charge in [-0.05, 0) is 34.9 Å². The van der Waals surface area contributed by atoms with E-state index in [0.717, 1.165) is 16.7 Å². The average Bonchev–Trinajstić information content (AvgIpc) is 2.46. The SMILES string of the molecule is COC(=O)/C=C/c1ccc(-c2ccncc2)cc1. The predicted molar refractivity (Wildman–Crippen MR) is 70.7 cm³/mol. The Morgan fingerprint density at radius 2 is 1.67 bits per heavy atom. The molecule has 0 radical (unpaired) electrons. The molecular weight excluding hydrogens is 226 g/mol. The van der Waals surface area contributed by atoms with Gasteiger partial charge in [0, 0.05) is 18.5 Å². The molecule has 3 heteroatoms. The van der Waals surface area contributed by atoms with Crippen molar-refractivity contribution in [1.82, 2.24) is 4.98 Å². The molecule has 2 aromatic rings. The maximum absolute atomic E-state index is 11.0. The Kier molecular flexibility index (Phi) is 3.86. The van der Waals surface area contributed by atoms with Crippen molar-refractivity contribution in [3.63, 3.8) is 0 Å². The molecule has 0 fully saturated rings. The normalized spacial score (nSPS) is 10.5. The number of rotatable bonds is 3. The van der Waals surface area contributed by atoms with E-state index in [0.29, 0.717) is 0 Å². The summed E-state index contributed by atoms with van der Waals surface area (Å²) < 4.78 is 4.53. The highest BCUT2D eigenvalue weighted by atomic mass is 16.5. The minimum absolute atomic E-state index is 0.354. The van der Waals surface area contributed by atoms with Crippen molar-refractivity contribution < 1.29 is 9.53 Å². The van der Waals surface area contributed by atoms with Crippen LogP contribution >= 0.6 is 0 Å². The van der Waals surface area contributed by atoms with Crippen LogP contribution in [-0.2, 0) is 9.53 Å². The van der Waals surface area contributed by atoms with Crippen LogP contribution in [0.4, 0.5) is 0 Å². The molecule has 1 aromatic carbocycles. The topological polar surface area (TPSA) is 39.2 Å². The number of aromatic nitrogens is 1. The third-order valence-electron chi connectivity index (χ3n) is 2.54. The third kappa shape index (κ3) is 3.04. The second-order valence-corrected chi connectivity index (χ2v) is 3.71. The van der Waals surface area contributed by atoms with Gasteiger partial charge >= 0.3 is 5.97 Å². The molecule has 0 saturated heterocycles. The molecule has 0 aliphatic heterocycles. The number of nitrogens with zero attached hydrogens (tertiary/aromatic N) is 1. The Morgan fingerprint density at radius 1 is 1.06 bits per heavy atom. The Bertz CT molecular complexity index is 544. The number of hydrogen-bond donors (Lipinski definition) is 0. The Balaban J connectivity index is 2.16. The molecule has 2 rings (SSSR count). The number of pyridine rings is 1. The lowest BCUT2D eigenvalue weighted by molar-refractivity contribution is -0.134. The lowest BCUT2D eigenvalue weighted by Crippen LogP contribution is -1.93. The van der Waals surface area contributed by atoms with E-state index in [2.05, 4.69) is 9.72 Å². The first kappa shape index (κ1) is 12.0. The van der Waals surface area contributed by atoms with Crippen LogP contribution in [0.2, 0.25) is 0 Å². The highest BCUT2D eigenvalue weighted by Crippen LogP contribution is 2.18. The van der Waals surface area contributed by atoms with Crippen LogP contribution in [0, 0.1) is 0 Å². The summed E-state index contributed by atoms with van der Waals surface area (Å²) in [6.45, 7) is 0. The highest BCUT2D eigenvalue weighted by Gasteiger charge is 1.96. The van der Waals surface area contributed by atoms with E-state index in [9.17, 15) is 4.79 Å². The van der Waals surface area contributed by atoms with Crippen molar-refractivity contribution in [3.8, 4) is 11.1 Å². The third-order valence-corrected chi connectivity index (χ3v) is 2.54. The van der Waals surface area contributed by atoms with Crippen LogP contribution in [-0.4, -0.2) is 18.1 Å². The fourth-order valence-corrected chi connectivity index (χ4v) is 1.56. The average molecular weight is 239 g/mol. The van der Waals surface area contributed by atoms with Gasteiger partial charge in [0.15, 0.2) is 0 Å². The van der Waals surface area contributed by atoms with Gasteiger partial charge < -0.3 is 4.74 Å². The van der Waals surface area contributed by atoms with Crippen LogP contribution in [0.5, 0.6) is 0 Å². The maximum Gasteiger partial charge on any atom is 0.330 e. The quantitative estimate of drug-likeness (QED) is 0.610. The molecule has 90 valence electrons. The minimum atomic E-state index is -0.354. The minimum Gasteiger partial charge on any atom is -0.466 e. The molecule has 18 heavy (non-hydrogen) atoms. The van der Waals surface area contributed by atoms with E-state index in [1.165, 1.54) is 13.2 Å². The van der Waals surface area contributed by atoms with Gasteiger partial charge in [0.25, 0.3) is 0 Å². The number of benzene rings is 1. The molecule has 0 bridgehead atoms. The number of carbonyl (C=O) groups excluding carboxylic acids is 1. The predicted octanol–water partition coefficient (Wildman–Crippen LogP) is 2.93. The van der Waals surface area contributed by atoms with Crippen LogP contribution < -0.4 is 0 Å². The molecule has 0 atom stereocenters. The second kappa shape index (κ2) is 5.77. The van der Waals surface area contributed by atoms with Crippen LogP contribution in [0.15, 0.2) is 54.9 Å². The standard InChI is InChI=1S/C15H13NO2/c1-18-15(17)7-4-12-2-5-13(6-3-12)14-8-10-16-11-9-14/h2-11H,1H3/b7-4+. The molecule has 0 saturated carbocycles. The van der Waals surface area contributed by atoms with Crippen molar-refractivity contribution >= 4 is 12.0 Å². The summed E-state index contributed by atoms with van der Waals surface area (Å²) >= 11 is 0. The zero-order chi connectivity index (χ0) is 12.8. The van der Waals surface area contributed by atoms with E-state index >= 15 is 0 Å². The lowest BCUT2D eigenvalue weighted by Gasteiger charge is -2.01. The molecule has 0 N–H and O–H groups in total. The van der Waals surface area contributed by atoms with Gasteiger partial charge in [-0.25, -0.2) is 4.79 Å². The number of ether oxygens (including phenoxy) is 1. The van der Waals surface area contributed by atoms with Crippen LogP contribution in [0.3, 0.4) is 0 Å². The molecule has 0 spiro atoms. The van der Waals surface area contributed by atoms with Crippen molar-refractivity contribution in [1.29, 1.82) is 0 Å². The van der Waals surface area contributed by atoms with Gasteiger partial charge in [-0.2, -0.15) is 0 Å². The molecule has 3 nitrogen and oxygen atoms in total. The molecule has 0 aliphatic rings. The molecule has 0 unspecified atom stereocenters. The smallest absolute Gasteiger partial charge is 0.330 e. The van der Waals surface area contributed by atoms with E-state index in [-0.39, 0.29) is 5.97 Å². The maximum atomic E-state index is 11.0. The van der Waals surface area contributed by atoms with Crippen LogP contribution in [0.1, 0.15) is 5.56 Å². The van der Waals surface area contributed by atoms with Crippen molar-refractivity contribution in [2.45, 2.75) is 0 Å². The van der Waals surface area contributed by atoms with Crippen molar-refractivity contribution in [2.75, 3.05) is 7.11 Å². The summed E-state index contributed by atoms with van der Waals surface area (Å²) in [5, 5.41) is 0. The van der Waals surface area contributed by atoms with Gasteiger partial charge in [0.2, 0.25) is 0 Å². The molecular formula is C15H13NO2. The number of carbonyl (C=O) groups is 1. The first-order valence-electron chi connectivity index (χ1n) is 5.56. The van der Waals surface area contributed by atoms with Gasteiger partial charge in [-0.1, -0.05) is 24.3 Å². The van der Waals surface area contributed by atoms with Crippen molar-refractivity contribution in [3.05, 3.63) is 60.4 Å². The van der Waals surface area contributed by atoms with Crippen molar-refractivity contribution in [2.24, 2.45) is 0 Å². The lowest BCUT2D eigenvalue weighted by atomic mass is 10.1. The van der Waals surface area contributed by atoms with Gasteiger partial charge in [-0.15, -0.1) is 0 Å². The first-order chi connectivity index (χ1) is 8.79. The zero-order valence-electron chi connectivity index (χ0n) is 10.0. The fraction of sp³-hybridized carbons (Fsp3) is 0.0667. The van der Waals surface area contributed by atoms with E-state index in [4.69, 9.17) is 0 Å². The largest absolute Gasteiger partial charge is 0.466 e.